The molecule has 0 radical (unpaired) electrons. The van der Waals surface area contributed by atoms with E-state index in [4.69, 9.17) is 14.9 Å². The Morgan fingerprint density at radius 1 is 0.513 bits per heavy atom. The van der Waals surface area contributed by atoms with Gasteiger partial charge in [0.25, 0.3) is 6.47 Å². The monoisotopic (exact) mass is 510 g/mol. The van der Waals surface area contributed by atoms with Gasteiger partial charge in [-0.1, -0.05) is 35.5 Å². The summed E-state index contributed by atoms with van der Waals surface area (Å²) in [6.07, 6.45) is 0. The number of carboxylic acid groups (broad SMARTS) is 2. The molecule has 4 aromatic carbocycles. The number of hydrogen-bond acceptors (Lipinski definition) is 4. The second-order valence-electron chi connectivity index (χ2n) is 8.05. The zero-order chi connectivity index (χ0) is 27.6. The molecule has 0 bridgehead atoms. The number of carbonyl (C=O) groups is 3. The minimum atomic E-state index is -1.01. The molecule has 0 aliphatic carbocycles. The van der Waals surface area contributed by atoms with E-state index in [0.29, 0.717) is 40.0 Å². The maximum atomic E-state index is 11.1. The highest BCUT2D eigenvalue weighted by molar-refractivity contribution is 5.88. The lowest BCUT2D eigenvalue weighted by Crippen LogP contribution is -1.95. The summed E-state index contributed by atoms with van der Waals surface area (Å²) in [5, 5.41) is 18.2. The Balaban J connectivity index is 1.67. The average molecular weight is 511 g/mol. The van der Waals surface area contributed by atoms with Crippen LogP contribution in [-0.4, -0.2) is 28.6 Å². The van der Waals surface area contributed by atoms with Gasteiger partial charge in [-0.25, -0.2) is 9.59 Å². The topological polar surface area (TPSA) is 101 Å². The Labute approximate surface area is 224 Å². The third-order valence-electron chi connectivity index (χ3n) is 5.29. The van der Waals surface area contributed by atoms with Gasteiger partial charge in [-0.05, 0) is 91.0 Å². The van der Waals surface area contributed by atoms with Crippen molar-refractivity contribution < 1.29 is 29.3 Å². The van der Waals surface area contributed by atoms with Gasteiger partial charge in [0.1, 0.15) is 5.75 Å². The molecule has 186 valence electrons. The standard InChI is InChI=1S/C33H18O6/c34-22-39-31-17-11-25(12-18-31)3-6-28-20-26(4-1-23-7-13-29(14-8-23)32(35)36)19-27(21-28)5-2-24-9-15-30(16-10-24)33(37)38/h7-22H,(H,35,36)(H,37,38). The van der Waals surface area contributed by atoms with Crippen molar-refractivity contribution in [1.29, 1.82) is 0 Å². The van der Waals surface area contributed by atoms with Gasteiger partial charge in [-0.2, -0.15) is 0 Å². The van der Waals surface area contributed by atoms with E-state index in [1.807, 2.05) is 18.2 Å². The van der Waals surface area contributed by atoms with Crippen LogP contribution in [0.4, 0.5) is 0 Å². The van der Waals surface area contributed by atoms with Crippen LogP contribution in [0.15, 0.2) is 91.0 Å². The smallest absolute Gasteiger partial charge is 0.335 e. The second kappa shape index (κ2) is 12.3. The third kappa shape index (κ3) is 7.48. The normalized spacial score (nSPS) is 9.44. The van der Waals surface area contributed by atoms with E-state index in [-0.39, 0.29) is 11.1 Å². The molecule has 0 aliphatic heterocycles. The van der Waals surface area contributed by atoms with E-state index in [1.165, 1.54) is 24.3 Å². The predicted molar refractivity (Wildman–Crippen MR) is 144 cm³/mol. The first-order valence-electron chi connectivity index (χ1n) is 11.5. The van der Waals surface area contributed by atoms with Crippen molar-refractivity contribution in [2.75, 3.05) is 0 Å². The van der Waals surface area contributed by atoms with Crippen LogP contribution >= 0.6 is 0 Å². The Morgan fingerprint density at radius 2 is 0.821 bits per heavy atom. The summed E-state index contributed by atoms with van der Waals surface area (Å²) in [7, 11) is 0. The van der Waals surface area contributed by atoms with Crippen molar-refractivity contribution in [2.45, 2.75) is 0 Å². The first-order chi connectivity index (χ1) is 18.9. The molecule has 0 fully saturated rings. The summed E-state index contributed by atoms with van der Waals surface area (Å²) in [6.45, 7) is 0.358. The second-order valence-corrected chi connectivity index (χ2v) is 8.05. The number of aromatic carboxylic acids is 2. The molecule has 39 heavy (non-hydrogen) atoms. The van der Waals surface area contributed by atoms with Crippen LogP contribution in [0.2, 0.25) is 0 Å². The van der Waals surface area contributed by atoms with Gasteiger partial charge in [-0.3, -0.25) is 4.79 Å². The lowest BCUT2D eigenvalue weighted by atomic mass is 10.0. The number of ether oxygens (including phenoxy) is 1. The van der Waals surface area contributed by atoms with Crippen LogP contribution in [0.25, 0.3) is 0 Å². The van der Waals surface area contributed by atoms with Crippen molar-refractivity contribution in [2.24, 2.45) is 0 Å². The van der Waals surface area contributed by atoms with Crippen molar-refractivity contribution >= 4 is 18.4 Å². The van der Waals surface area contributed by atoms with Crippen LogP contribution < -0.4 is 4.74 Å². The third-order valence-corrected chi connectivity index (χ3v) is 5.29. The Morgan fingerprint density at radius 3 is 1.13 bits per heavy atom. The maximum absolute atomic E-state index is 11.1. The minimum Gasteiger partial charge on any atom is -0.478 e. The lowest BCUT2D eigenvalue weighted by Gasteiger charge is -1.99. The minimum absolute atomic E-state index is 0.178. The van der Waals surface area contributed by atoms with Crippen molar-refractivity contribution in [3.05, 3.63) is 136 Å². The van der Waals surface area contributed by atoms with E-state index < -0.39 is 11.9 Å². The molecule has 0 unspecified atom stereocenters. The highest BCUT2D eigenvalue weighted by atomic mass is 16.5. The fraction of sp³-hybridized carbons (Fsp3) is 0. The molecule has 0 amide bonds. The lowest BCUT2D eigenvalue weighted by molar-refractivity contribution is -0.120. The highest BCUT2D eigenvalue weighted by Gasteiger charge is 2.02. The van der Waals surface area contributed by atoms with Crippen LogP contribution in [-0.2, 0) is 4.79 Å². The maximum Gasteiger partial charge on any atom is 0.335 e. The first-order valence-corrected chi connectivity index (χ1v) is 11.5. The molecule has 6 heteroatoms. The van der Waals surface area contributed by atoms with Crippen molar-refractivity contribution in [3.8, 4) is 41.3 Å². The average Bonchev–Trinajstić information content (AvgIpc) is 2.95. The fourth-order valence-electron chi connectivity index (χ4n) is 3.34. The molecule has 2 N–H and O–H groups in total. The number of rotatable bonds is 4. The van der Waals surface area contributed by atoms with E-state index in [1.54, 1.807) is 48.5 Å². The van der Waals surface area contributed by atoms with Crippen LogP contribution in [0.3, 0.4) is 0 Å². The molecule has 0 saturated heterocycles. The molecule has 6 nitrogen and oxygen atoms in total. The number of hydrogen-bond donors (Lipinski definition) is 2. The van der Waals surface area contributed by atoms with Crippen LogP contribution in [0.5, 0.6) is 5.75 Å². The van der Waals surface area contributed by atoms with Gasteiger partial charge in [0.2, 0.25) is 0 Å². The van der Waals surface area contributed by atoms with E-state index in [0.717, 1.165) is 5.56 Å². The van der Waals surface area contributed by atoms with Crippen LogP contribution in [0, 0.1) is 35.5 Å². The molecule has 4 rings (SSSR count). The zero-order valence-electron chi connectivity index (χ0n) is 20.3. The highest BCUT2D eigenvalue weighted by Crippen LogP contribution is 2.13. The Hall–Kier alpha value is -6.03. The van der Waals surface area contributed by atoms with E-state index >= 15 is 0 Å². The molecule has 0 aliphatic rings. The van der Waals surface area contributed by atoms with Gasteiger partial charge in [-0.15, -0.1) is 0 Å². The van der Waals surface area contributed by atoms with E-state index in [9.17, 15) is 14.4 Å². The summed E-state index contributed by atoms with van der Waals surface area (Å²) >= 11 is 0. The van der Waals surface area contributed by atoms with Gasteiger partial charge < -0.3 is 14.9 Å². The summed E-state index contributed by atoms with van der Waals surface area (Å²) in [6, 6.07) is 24.7. The molecule has 0 spiro atoms. The van der Waals surface area contributed by atoms with Gasteiger partial charge in [0.05, 0.1) is 11.1 Å². The summed E-state index contributed by atoms with van der Waals surface area (Å²) in [5.41, 5.74) is 4.36. The Bertz CT molecular complexity index is 1640. The summed E-state index contributed by atoms with van der Waals surface area (Å²) in [5.74, 6) is 16.8. The zero-order valence-corrected chi connectivity index (χ0v) is 20.3. The molecule has 0 aromatic heterocycles. The molecule has 4 aromatic rings. The van der Waals surface area contributed by atoms with Crippen LogP contribution in [0.1, 0.15) is 54.1 Å². The summed E-state index contributed by atoms with van der Waals surface area (Å²) in [4.78, 5) is 32.6. The molecule has 0 saturated carbocycles. The number of carboxylic acids is 2. The molecule has 0 atom stereocenters. The number of benzene rings is 4. The molecular formula is C33H18O6. The molecular weight excluding hydrogens is 492 g/mol. The molecule has 0 heterocycles. The van der Waals surface area contributed by atoms with Crippen molar-refractivity contribution in [3.63, 3.8) is 0 Å². The van der Waals surface area contributed by atoms with Gasteiger partial charge in [0, 0.05) is 33.4 Å². The van der Waals surface area contributed by atoms with Gasteiger partial charge in [0.15, 0.2) is 0 Å². The predicted octanol–water partition coefficient (Wildman–Crippen LogP) is 4.82. The fourth-order valence-corrected chi connectivity index (χ4v) is 3.34. The van der Waals surface area contributed by atoms with Crippen molar-refractivity contribution in [1.82, 2.24) is 0 Å². The SMILES string of the molecule is O=COc1ccc(C#Cc2cc(C#Cc3ccc(C(=O)O)cc3)cc(C#Cc3ccc(C(=O)O)cc3)c2)cc1. The van der Waals surface area contributed by atoms with Gasteiger partial charge >= 0.3 is 11.9 Å². The Kier molecular flexibility index (Phi) is 8.20. The quantitative estimate of drug-likeness (QED) is 0.302. The largest absolute Gasteiger partial charge is 0.478 e. The number of carbonyl (C=O) groups excluding carboxylic acids is 1. The summed E-state index contributed by atoms with van der Waals surface area (Å²) < 4.78 is 4.80. The van der Waals surface area contributed by atoms with E-state index in [2.05, 4.69) is 35.5 Å². The first kappa shape index (κ1) is 26.0.